The third-order valence-electron chi connectivity index (χ3n) is 4.78. The van der Waals surface area contributed by atoms with E-state index < -0.39 is 15.9 Å². The molecule has 1 fully saturated rings. The number of sulfonamides is 1. The van der Waals surface area contributed by atoms with Crippen molar-refractivity contribution >= 4 is 65.5 Å². The molecule has 1 aliphatic heterocycles. The zero-order valence-corrected chi connectivity index (χ0v) is 18.6. The second-order valence-corrected chi connectivity index (χ2v) is 11.1. The van der Waals surface area contributed by atoms with Crippen LogP contribution in [-0.4, -0.2) is 42.6 Å². The molecule has 1 aliphatic rings. The van der Waals surface area contributed by atoms with E-state index in [4.69, 9.17) is 0 Å². The summed E-state index contributed by atoms with van der Waals surface area (Å²) in [6.07, 6.45) is 1.25. The Hall–Kier alpha value is -2.34. The Morgan fingerprint density at radius 2 is 2.07 bits per heavy atom. The number of aromatic nitrogens is 1. The summed E-state index contributed by atoms with van der Waals surface area (Å²) in [4.78, 5) is 28.4. The van der Waals surface area contributed by atoms with Crippen LogP contribution in [0.15, 0.2) is 39.9 Å². The molecule has 1 atom stereocenters. The molecule has 0 saturated carbocycles. The predicted octanol–water partition coefficient (Wildman–Crippen LogP) is 3.36. The summed E-state index contributed by atoms with van der Waals surface area (Å²) in [6.45, 7) is 2.01. The first-order valence-corrected chi connectivity index (χ1v) is 12.5. The summed E-state index contributed by atoms with van der Waals surface area (Å²) < 4.78 is 28.1. The number of anilines is 2. The van der Waals surface area contributed by atoms with Crippen LogP contribution in [0.25, 0.3) is 10.2 Å². The van der Waals surface area contributed by atoms with Gasteiger partial charge in [0.25, 0.3) is 10.0 Å². The number of carbonyl (C=O) groups excluding carboxylic acids is 2. The van der Waals surface area contributed by atoms with Gasteiger partial charge < -0.3 is 10.6 Å². The first kappa shape index (κ1) is 20.9. The number of amides is 2. The van der Waals surface area contributed by atoms with Gasteiger partial charge in [0.2, 0.25) is 11.8 Å². The zero-order valence-electron chi connectivity index (χ0n) is 16.1. The lowest BCUT2D eigenvalue weighted by molar-refractivity contribution is -0.121. The molecule has 1 unspecified atom stereocenters. The molecule has 0 spiro atoms. The number of nitrogens with one attached hydrogen (secondary N) is 2. The Labute approximate surface area is 182 Å². The van der Waals surface area contributed by atoms with E-state index in [1.165, 1.54) is 33.9 Å². The maximum atomic E-state index is 12.8. The monoisotopic (exact) mass is 464 g/mol. The van der Waals surface area contributed by atoms with Crippen LogP contribution in [-0.2, 0) is 19.6 Å². The summed E-state index contributed by atoms with van der Waals surface area (Å²) in [5.41, 5.74) is 1.38. The lowest BCUT2D eigenvalue weighted by Crippen LogP contribution is -2.43. The highest BCUT2D eigenvalue weighted by atomic mass is 32.2. The molecule has 2 amide bonds. The van der Waals surface area contributed by atoms with Gasteiger partial charge in [-0.3, -0.25) is 9.59 Å². The van der Waals surface area contributed by atoms with E-state index in [9.17, 15) is 18.0 Å². The van der Waals surface area contributed by atoms with Gasteiger partial charge in [0.1, 0.15) is 4.21 Å². The number of carbonyl (C=O) groups is 2. The molecule has 8 nitrogen and oxygen atoms in total. The van der Waals surface area contributed by atoms with E-state index in [0.717, 1.165) is 10.2 Å². The van der Waals surface area contributed by atoms with E-state index in [1.807, 2.05) is 0 Å². The number of rotatable bonds is 5. The molecule has 3 heterocycles. The van der Waals surface area contributed by atoms with Crippen LogP contribution in [0.4, 0.5) is 10.8 Å². The van der Waals surface area contributed by atoms with E-state index in [0.29, 0.717) is 34.4 Å². The van der Waals surface area contributed by atoms with Crippen LogP contribution in [0, 0.1) is 5.92 Å². The fraction of sp³-hybridized carbons (Fsp3) is 0.316. The fourth-order valence-corrected chi connectivity index (χ4v) is 6.96. The van der Waals surface area contributed by atoms with Gasteiger partial charge in [-0.25, -0.2) is 13.4 Å². The van der Waals surface area contributed by atoms with Crippen LogP contribution in [0.2, 0.25) is 0 Å². The maximum absolute atomic E-state index is 12.8. The predicted molar refractivity (Wildman–Crippen MR) is 118 cm³/mol. The minimum Gasteiger partial charge on any atom is -0.326 e. The van der Waals surface area contributed by atoms with E-state index in [-0.39, 0.29) is 18.4 Å². The third-order valence-corrected chi connectivity index (χ3v) is 8.95. The molecule has 2 aromatic heterocycles. The van der Waals surface area contributed by atoms with Crippen LogP contribution in [0.1, 0.15) is 19.8 Å². The van der Waals surface area contributed by atoms with Gasteiger partial charge in [-0.05, 0) is 42.5 Å². The third kappa shape index (κ3) is 4.38. The Balaban J connectivity index is 1.46. The quantitative estimate of drug-likeness (QED) is 0.602. The first-order valence-electron chi connectivity index (χ1n) is 9.35. The second kappa shape index (κ2) is 8.42. The number of nitrogens with zero attached hydrogens (tertiary/aromatic N) is 2. The van der Waals surface area contributed by atoms with Crippen LogP contribution in [0.3, 0.4) is 0 Å². The molecule has 4 rings (SSSR count). The number of thiazole rings is 1. The van der Waals surface area contributed by atoms with Gasteiger partial charge in [0, 0.05) is 25.7 Å². The van der Waals surface area contributed by atoms with Gasteiger partial charge in [0.05, 0.1) is 16.1 Å². The highest BCUT2D eigenvalue weighted by Crippen LogP contribution is 2.30. The van der Waals surface area contributed by atoms with Crippen molar-refractivity contribution in [3.05, 3.63) is 35.7 Å². The highest BCUT2D eigenvalue weighted by molar-refractivity contribution is 7.91. The van der Waals surface area contributed by atoms with Gasteiger partial charge in [-0.1, -0.05) is 17.4 Å². The Bertz CT molecular complexity index is 1190. The maximum Gasteiger partial charge on any atom is 0.252 e. The van der Waals surface area contributed by atoms with Crippen molar-refractivity contribution in [3.8, 4) is 0 Å². The fourth-order valence-electron chi connectivity index (χ4n) is 3.38. The largest absolute Gasteiger partial charge is 0.326 e. The molecule has 0 radical (unpaired) electrons. The van der Waals surface area contributed by atoms with E-state index in [2.05, 4.69) is 15.6 Å². The summed E-state index contributed by atoms with van der Waals surface area (Å²) in [5.74, 6) is -0.829. The normalized spacial score (nSPS) is 17.7. The van der Waals surface area contributed by atoms with Crippen molar-refractivity contribution in [1.82, 2.24) is 9.29 Å². The number of hydrogen-bond donors (Lipinski definition) is 2. The number of hydrogen-bond acceptors (Lipinski definition) is 7. The van der Waals surface area contributed by atoms with Crippen LogP contribution < -0.4 is 10.6 Å². The standard InChI is InChI=1S/C19H20N4O4S3/c1-12(24)20-14-6-7-15-16(10-14)29-19(21-15)22-18(25)13-4-2-8-23(11-13)30(26,27)17-5-3-9-28-17/h3,5-7,9-10,13H,2,4,8,11H2,1H3,(H,20,24)(H,21,22,25). The molecule has 30 heavy (non-hydrogen) atoms. The molecular formula is C19H20N4O4S3. The lowest BCUT2D eigenvalue weighted by atomic mass is 9.99. The molecule has 158 valence electrons. The molecular weight excluding hydrogens is 444 g/mol. The highest BCUT2D eigenvalue weighted by Gasteiger charge is 2.34. The average molecular weight is 465 g/mol. The number of fused-ring (bicyclic) bond motifs is 1. The number of thiophene rings is 1. The van der Waals surface area contributed by atoms with Crippen molar-refractivity contribution in [1.29, 1.82) is 0 Å². The van der Waals surface area contributed by atoms with E-state index >= 15 is 0 Å². The molecule has 3 aromatic rings. The summed E-state index contributed by atoms with van der Waals surface area (Å²) in [6, 6.07) is 8.63. The second-order valence-electron chi connectivity index (χ2n) is 7.01. The Morgan fingerprint density at radius 1 is 1.23 bits per heavy atom. The molecule has 0 aliphatic carbocycles. The lowest BCUT2D eigenvalue weighted by Gasteiger charge is -2.30. The minimum atomic E-state index is -3.57. The number of benzene rings is 1. The Morgan fingerprint density at radius 3 is 2.80 bits per heavy atom. The topological polar surface area (TPSA) is 108 Å². The zero-order chi connectivity index (χ0) is 21.3. The SMILES string of the molecule is CC(=O)Nc1ccc2nc(NC(=O)C3CCCN(S(=O)(=O)c4cccs4)C3)sc2c1. The van der Waals surface area contributed by atoms with E-state index in [1.54, 1.807) is 35.7 Å². The van der Waals surface area contributed by atoms with Crippen molar-refractivity contribution in [2.45, 2.75) is 24.0 Å². The summed E-state index contributed by atoms with van der Waals surface area (Å²) in [5, 5.41) is 7.73. The minimum absolute atomic E-state index is 0.156. The van der Waals surface area contributed by atoms with Gasteiger partial charge in [-0.2, -0.15) is 4.31 Å². The van der Waals surface area contributed by atoms with Crippen LogP contribution >= 0.6 is 22.7 Å². The molecule has 2 N–H and O–H groups in total. The first-order chi connectivity index (χ1) is 14.3. The summed E-state index contributed by atoms with van der Waals surface area (Å²) in [7, 11) is -3.57. The van der Waals surface area contributed by atoms with Crippen LogP contribution in [0.5, 0.6) is 0 Å². The smallest absolute Gasteiger partial charge is 0.252 e. The molecule has 0 bridgehead atoms. The average Bonchev–Trinajstić information content (AvgIpc) is 3.37. The number of piperidine rings is 1. The van der Waals surface area contributed by atoms with Crippen molar-refractivity contribution in [2.75, 3.05) is 23.7 Å². The van der Waals surface area contributed by atoms with Crippen molar-refractivity contribution in [3.63, 3.8) is 0 Å². The molecule has 1 saturated heterocycles. The van der Waals surface area contributed by atoms with Crippen molar-refractivity contribution < 1.29 is 18.0 Å². The summed E-state index contributed by atoms with van der Waals surface area (Å²) >= 11 is 2.49. The Kier molecular flexibility index (Phi) is 5.87. The molecule has 1 aromatic carbocycles. The van der Waals surface area contributed by atoms with Gasteiger partial charge >= 0.3 is 0 Å². The van der Waals surface area contributed by atoms with Crippen molar-refractivity contribution in [2.24, 2.45) is 5.92 Å². The van der Waals surface area contributed by atoms with Gasteiger partial charge in [0.15, 0.2) is 5.13 Å². The van der Waals surface area contributed by atoms with Gasteiger partial charge in [-0.15, -0.1) is 11.3 Å². The molecule has 11 heteroatoms.